The van der Waals surface area contributed by atoms with Crippen LogP contribution < -0.4 is 0 Å². The Morgan fingerprint density at radius 1 is 0.882 bits per heavy atom. The molecule has 7 heteroatoms. The monoisotopic (exact) mass is 474 g/mol. The van der Waals surface area contributed by atoms with Crippen LogP contribution in [-0.4, -0.2) is 42.0 Å². The van der Waals surface area contributed by atoms with Crippen molar-refractivity contribution >= 4 is 23.7 Å². The van der Waals surface area contributed by atoms with E-state index in [0.717, 1.165) is 24.8 Å². The molecule has 7 nitrogen and oxygen atoms in total. The van der Waals surface area contributed by atoms with E-state index in [1.165, 1.54) is 20.8 Å². The van der Waals surface area contributed by atoms with E-state index in [2.05, 4.69) is 19.9 Å². The lowest BCUT2D eigenvalue weighted by Gasteiger charge is -2.63. The van der Waals surface area contributed by atoms with Crippen LogP contribution in [0.25, 0.3) is 0 Å². The van der Waals surface area contributed by atoms with Gasteiger partial charge in [-0.1, -0.05) is 19.9 Å². The highest BCUT2D eigenvalue weighted by Gasteiger charge is 2.66. The van der Waals surface area contributed by atoms with Crippen molar-refractivity contribution in [3.8, 4) is 0 Å². The second-order valence-electron chi connectivity index (χ2n) is 11.5. The third-order valence-electron chi connectivity index (χ3n) is 9.45. The van der Waals surface area contributed by atoms with Gasteiger partial charge in [0.1, 0.15) is 18.3 Å². The van der Waals surface area contributed by atoms with E-state index in [0.29, 0.717) is 19.3 Å². The topological polar surface area (TPSA) is 96.0 Å². The van der Waals surface area contributed by atoms with Gasteiger partial charge in [-0.3, -0.25) is 19.2 Å². The van der Waals surface area contributed by atoms with Gasteiger partial charge in [0.15, 0.2) is 5.78 Å². The number of ether oxygens (including phenoxy) is 3. The zero-order chi connectivity index (χ0) is 25.0. The lowest BCUT2D eigenvalue weighted by Crippen LogP contribution is -2.64. The Morgan fingerprint density at radius 3 is 2.09 bits per heavy atom. The first-order valence-corrected chi connectivity index (χ1v) is 12.6. The fourth-order valence-electron chi connectivity index (χ4n) is 8.36. The third kappa shape index (κ3) is 4.09. The number of fused-ring (bicyclic) bond motifs is 5. The predicted molar refractivity (Wildman–Crippen MR) is 123 cm³/mol. The largest absolute Gasteiger partial charge is 0.463 e. The van der Waals surface area contributed by atoms with Crippen molar-refractivity contribution in [2.24, 2.45) is 34.5 Å². The summed E-state index contributed by atoms with van der Waals surface area (Å²) in [6.45, 7) is 10.3. The van der Waals surface area contributed by atoms with E-state index < -0.39 is 5.41 Å². The minimum absolute atomic E-state index is 0.00411. The van der Waals surface area contributed by atoms with E-state index in [-0.39, 0.29) is 71.1 Å². The Morgan fingerprint density at radius 2 is 1.50 bits per heavy atom. The number of allylic oxidation sites excluding steroid dienone is 2. The van der Waals surface area contributed by atoms with E-state index >= 15 is 0 Å². The zero-order valence-corrected chi connectivity index (χ0v) is 21.2. The van der Waals surface area contributed by atoms with Crippen molar-refractivity contribution in [3.05, 3.63) is 11.6 Å². The van der Waals surface area contributed by atoms with Crippen molar-refractivity contribution in [1.82, 2.24) is 0 Å². The fraction of sp³-hybridized carbons (Fsp3) is 0.778. The average molecular weight is 475 g/mol. The first-order chi connectivity index (χ1) is 15.9. The van der Waals surface area contributed by atoms with Crippen LogP contribution in [0.3, 0.4) is 0 Å². The lowest BCUT2D eigenvalue weighted by atomic mass is 9.43. The van der Waals surface area contributed by atoms with Gasteiger partial charge < -0.3 is 14.2 Å². The van der Waals surface area contributed by atoms with Gasteiger partial charge in [0.2, 0.25) is 0 Å². The molecule has 0 bridgehead atoms. The maximum Gasteiger partial charge on any atom is 0.302 e. The fourth-order valence-corrected chi connectivity index (χ4v) is 8.36. The molecule has 188 valence electrons. The van der Waals surface area contributed by atoms with Gasteiger partial charge in [-0.25, -0.2) is 0 Å². The van der Waals surface area contributed by atoms with Crippen molar-refractivity contribution in [3.63, 3.8) is 0 Å². The van der Waals surface area contributed by atoms with E-state index in [9.17, 15) is 19.2 Å². The average Bonchev–Trinajstić information content (AvgIpc) is 3.04. The molecule has 9 atom stereocenters. The molecule has 34 heavy (non-hydrogen) atoms. The summed E-state index contributed by atoms with van der Waals surface area (Å²) in [5.74, 6) is -0.608. The first-order valence-electron chi connectivity index (χ1n) is 12.6. The summed E-state index contributed by atoms with van der Waals surface area (Å²) in [7, 11) is 0. The van der Waals surface area contributed by atoms with Crippen LogP contribution >= 0.6 is 0 Å². The molecule has 0 saturated heterocycles. The minimum atomic E-state index is -0.427. The zero-order valence-electron chi connectivity index (χ0n) is 21.2. The van der Waals surface area contributed by atoms with Gasteiger partial charge in [-0.2, -0.15) is 0 Å². The van der Waals surface area contributed by atoms with Crippen LogP contribution in [0, 0.1) is 34.5 Å². The van der Waals surface area contributed by atoms with Gasteiger partial charge in [0, 0.05) is 38.0 Å². The van der Waals surface area contributed by atoms with Crippen LogP contribution in [0.5, 0.6) is 0 Å². The maximum absolute atomic E-state index is 12.6. The number of rotatable bonds is 4. The Hall–Kier alpha value is -2.18. The molecule has 9 unspecified atom stereocenters. The summed E-state index contributed by atoms with van der Waals surface area (Å²) in [4.78, 5) is 48.6. The smallest absolute Gasteiger partial charge is 0.302 e. The molecule has 0 aromatic carbocycles. The van der Waals surface area contributed by atoms with Gasteiger partial charge >= 0.3 is 17.9 Å². The number of hydrogen-bond donors (Lipinski definition) is 0. The van der Waals surface area contributed by atoms with Crippen LogP contribution in [0.2, 0.25) is 0 Å². The van der Waals surface area contributed by atoms with E-state index in [1.807, 2.05) is 0 Å². The molecule has 0 aromatic heterocycles. The molecule has 0 aliphatic heterocycles. The molecule has 3 saturated carbocycles. The Bertz CT molecular complexity index is 922. The standard InChI is InChI=1S/C27H38O7/c1-14(28)20-7-8-21-24-22(33-16(3)30)12-18-11-19(32-15(2)29)9-10-26(18,5)25(24)23(34-17(4)31)13-27(20,21)6/h7,18-19,21-25H,8-13H2,1-6H3. The molecule has 0 spiro atoms. The number of hydrogen-bond acceptors (Lipinski definition) is 7. The number of carbonyl (C=O) groups is 4. The van der Waals surface area contributed by atoms with Crippen LogP contribution in [0.1, 0.15) is 80.1 Å². The Labute approximate surface area is 202 Å². The quantitative estimate of drug-likeness (QED) is 0.446. The van der Waals surface area contributed by atoms with Gasteiger partial charge in [-0.15, -0.1) is 0 Å². The van der Waals surface area contributed by atoms with Gasteiger partial charge in [-0.05, 0) is 68.3 Å². The minimum Gasteiger partial charge on any atom is -0.463 e. The Kier molecular flexibility index (Phi) is 6.45. The third-order valence-corrected chi connectivity index (χ3v) is 9.45. The molecular formula is C27H38O7. The predicted octanol–water partition coefficient (Wildman–Crippen LogP) is 4.17. The SMILES string of the molecule is CC(=O)OC1CCC2(C)C(C1)CC(OC(C)=O)C1C3CC=C(C(C)=O)C3(C)CC(OC(C)=O)C12. The molecule has 3 fully saturated rings. The second kappa shape index (κ2) is 8.80. The van der Waals surface area contributed by atoms with E-state index in [4.69, 9.17) is 14.2 Å². The highest BCUT2D eigenvalue weighted by molar-refractivity contribution is 5.95. The molecule has 4 aliphatic carbocycles. The van der Waals surface area contributed by atoms with Crippen LogP contribution in [0.15, 0.2) is 11.6 Å². The van der Waals surface area contributed by atoms with Gasteiger partial charge in [0.25, 0.3) is 0 Å². The van der Waals surface area contributed by atoms with Crippen molar-refractivity contribution in [2.75, 3.05) is 0 Å². The number of Topliss-reactive ketones (excluding diaryl/α,β-unsaturated/α-hetero) is 1. The normalized spacial score (nSPS) is 42.9. The first kappa shape index (κ1) is 24.9. The molecule has 0 radical (unpaired) electrons. The molecular weight excluding hydrogens is 436 g/mol. The molecule has 0 amide bonds. The van der Waals surface area contributed by atoms with Crippen LogP contribution in [0.4, 0.5) is 0 Å². The summed E-state index contributed by atoms with van der Waals surface area (Å²) >= 11 is 0. The van der Waals surface area contributed by atoms with Crippen molar-refractivity contribution < 1.29 is 33.4 Å². The number of esters is 3. The Balaban J connectivity index is 1.77. The maximum atomic E-state index is 12.6. The number of carbonyl (C=O) groups excluding carboxylic acids is 4. The molecule has 0 heterocycles. The highest BCUT2D eigenvalue weighted by atomic mass is 16.6. The summed E-state index contributed by atoms with van der Waals surface area (Å²) in [5, 5.41) is 0. The summed E-state index contributed by atoms with van der Waals surface area (Å²) in [6.07, 6.45) is 5.55. The molecule has 0 N–H and O–H groups in total. The van der Waals surface area contributed by atoms with E-state index in [1.54, 1.807) is 6.92 Å². The molecule has 4 aliphatic rings. The highest BCUT2D eigenvalue weighted by Crippen LogP contribution is 2.67. The van der Waals surface area contributed by atoms with Crippen LogP contribution in [-0.2, 0) is 33.4 Å². The van der Waals surface area contributed by atoms with Crippen molar-refractivity contribution in [2.45, 2.75) is 98.4 Å². The second-order valence-corrected chi connectivity index (χ2v) is 11.5. The van der Waals surface area contributed by atoms with Gasteiger partial charge in [0.05, 0.1) is 0 Å². The number of ketones is 1. The molecule has 0 aromatic rings. The van der Waals surface area contributed by atoms with Crippen molar-refractivity contribution in [1.29, 1.82) is 0 Å². The summed E-state index contributed by atoms with van der Waals surface area (Å²) in [5.41, 5.74) is 0.225. The lowest BCUT2D eigenvalue weighted by molar-refractivity contribution is -0.224. The summed E-state index contributed by atoms with van der Waals surface area (Å²) < 4.78 is 17.6. The summed E-state index contributed by atoms with van der Waals surface area (Å²) in [6, 6.07) is 0. The molecule has 4 rings (SSSR count).